The SMILES string of the molecule is COC(=O)c1c(C)n([C@H](C)C23CC(N(C)CC(F)(F)F)(C2)C3)c2ccccc12. The van der Waals surface area contributed by atoms with Gasteiger partial charge in [-0.25, -0.2) is 4.79 Å². The summed E-state index contributed by atoms with van der Waals surface area (Å²) in [7, 11) is 2.95. The van der Waals surface area contributed by atoms with E-state index in [1.54, 1.807) is 7.05 Å². The first-order chi connectivity index (χ1) is 13.0. The lowest BCUT2D eigenvalue weighted by Gasteiger charge is -2.75. The first-order valence-electron chi connectivity index (χ1n) is 9.49. The van der Waals surface area contributed by atoms with Gasteiger partial charge in [-0.15, -0.1) is 0 Å². The van der Waals surface area contributed by atoms with Crippen LogP contribution in [0.4, 0.5) is 13.2 Å². The molecule has 3 aliphatic carbocycles. The Balaban J connectivity index is 1.63. The van der Waals surface area contributed by atoms with Gasteiger partial charge in [0.05, 0.1) is 19.2 Å². The van der Waals surface area contributed by atoms with Crippen LogP contribution in [0.15, 0.2) is 24.3 Å². The molecule has 1 heterocycles. The van der Waals surface area contributed by atoms with Crippen LogP contribution in [0.25, 0.3) is 10.9 Å². The highest BCUT2D eigenvalue weighted by atomic mass is 19.4. The molecule has 5 rings (SSSR count). The van der Waals surface area contributed by atoms with Crippen molar-refractivity contribution >= 4 is 16.9 Å². The van der Waals surface area contributed by atoms with Crippen LogP contribution in [0.3, 0.4) is 0 Å². The Morgan fingerprint density at radius 3 is 2.46 bits per heavy atom. The molecule has 0 saturated heterocycles. The molecule has 1 atom stereocenters. The van der Waals surface area contributed by atoms with Crippen molar-refractivity contribution in [3.8, 4) is 0 Å². The van der Waals surface area contributed by atoms with Gasteiger partial charge in [-0.3, -0.25) is 4.90 Å². The van der Waals surface area contributed by atoms with Gasteiger partial charge in [-0.1, -0.05) is 18.2 Å². The molecule has 152 valence electrons. The van der Waals surface area contributed by atoms with E-state index in [1.807, 2.05) is 31.2 Å². The van der Waals surface area contributed by atoms with Crippen molar-refractivity contribution in [2.24, 2.45) is 5.41 Å². The largest absolute Gasteiger partial charge is 0.465 e. The smallest absolute Gasteiger partial charge is 0.401 e. The summed E-state index contributed by atoms with van der Waals surface area (Å²) in [6.45, 7) is 3.17. The predicted octanol–water partition coefficient (Wildman–Crippen LogP) is 4.71. The Morgan fingerprint density at radius 2 is 1.89 bits per heavy atom. The molecule has 3 fully saturated rings. The summed E-state index contributed by atoms with van der Waals surface area (Å²) in [6.07, 6.45) is -1.90. The van der Waals surface area contributed by atoms with Crippen LogP contribution < -0.4 is 0 Å². The van der Waals surface area contributed by atoms with Gasteiger partial charge >= 0.3 is 12.1 Å². The number of fused-ring (bicyclic) bond motifs is 1. The Morgan fingerprint density at radius 1 is 1.29 bits per heavy atom. The molecule has 7 heteroatoms. The number of hydrogen-bond donors (Lipinski definition) is 0. The maximum atomic E-state index is 12.8. The average Bonchev–Trinajstić information content (AvgIpc) is 2.81. The van der Waals surface area contributed by atoms with E-state index in [4.69, 9.17) is 4.74 Å². The van der Waals surface area contributed by atoms with Crippen molar-refractivity contribution < 1.29 is 22.7 Å². The monoisotopic (exact) mass is 394 g/mol. The average molecular weight is 394 g/mol. The molecule has 0 aliphatic heterocycles. The topological polar surface area (TPSA) is 34.5 Å². The highest BCUT2D eigenvalue weighted by Gasteiger charge is 2.72. The summed E-state index contributed by atoms with van der Waals surface area (Å²) in [4.78, 5) is 13.8. The van der Waals surface area contributed by atoms with Crippen LogP contribution in [0.5, 0.6) is 0 Å². The molecular weight excluding hydrogens is 369 g/mol. The number of halogens is 3. The van der Waals surface area contributed by atoms with Crippen LogP contribution in [0, 0.1) is 12.3 Å². The van der Waals surface area contributed by atoms with Crippen molar-refractivity contribution in [2.75, 3.05) is 20.7 Å². The molecule has 0 N–H and O–H groups in total. The summed E-state index contributed by atoms with van der Waals surface area (Å²) < 4.78 is 45.5. The van der Waals surface area contributed by atoms with E-state index in [2.05, 4.69) is 11.5 Å². The van der Waals surface area contributed by atoms with E-state index in [-0.39, 0.29) is 23.0 Å². The highest BCUT2D eigenvalue weighted by Crippen LogP contribution is 2.74. The van der Waals surface area contributed by atoms with Crippen molar-refractivity contribution in [1.82, 2.24) is 9.47 Å². The Bertz CT molecular complexity index is 927. The third-order valence-electron chi connectivity index (χ3n) is 7.09. The van der Waals surface area contributed by atoms with Crippen molar-refractivity contribution in [2.45, 2.75) is 50.9 Å². The molecule has 4 nitrogen and oxygen atoms in total. The molecule has 0 spiro atoms. The molecule has 0 amide bonds. The quantitative estimate of drug-likeness (QED) is 0.689. The number of esters is 1. The van der Waals surface area contributed by atoms with Crippen molar-refractivity contribution in [1.29, 1.82) is 0 Å². The normalized spacial score (nSPS) is 27.4. The number of benzene rings is 1. The summed E-state index contributed by atoms with van der Waals surface area (Å²) in [5, 5.41) is 0.856. The number of alkyl halides is 3. The van der Waals surface area contributed by atoms with Gasteiger partial charge in [-0.2, -0.15) is 13.2 Å². The molecule has 1 aromatic carbocycles. The Labute approximate surface area is 162 Å². The fourth-order valence-electron chi connectivity index (χ4n) is 5.62. The Hall–Kier alpha value is -2.02. The second-order valence-corrected chi connectivity index (χ2v) is 8.60. The molecule has 2 bridgehead atoms. The van der Waals surface area contributed by atoms with Gasteiger partial charge in [0.15, 0.2) is 0 Å². The number of carbonyl (C=O) groups excluding carboxylic acids is 1. The molecular formula is C21H25F3N2O2. The molecule has 0 unspecified atom stereocenters. The number of carbonyl (C=O) groups is 1. The third-order valence-corrected chi connectivity index (χ3v) is 7.09. The number of methoxy groups -OCH3 is 1. The molecule has 28 heavy (non-hydrogen) atoms. The summed E-state index contributed by atoms with van der Waals surface area (Å²) in [5.41, 5.74) is 2.05. The van der Waals surface area contributed by atoms with Crippen molar-refractivity contribution in [3.63, 3.8) is 0 Å². The number of rotatable bonds is 5. The number of para-hydroxylation sites is 1. The summed E-state index contributed by atoms with van der Waals surface area (Å²) >= 11 is 0. The maximum absolute atomic E-state index is 12.8. The number of aromatic nitrogens is 1. The van der Waals surface area contributed by atoms with Crippen LogP contribution in [0.1, 0.15) is 48.3 Å². The summed E-state index contributed by atoms with van der Waals surface area (Å²) in [5.74, 6) is -0.362. The molecule has 0 radical (unpaired) electrons. The zero-order chi connectivity index (χ0) is 20.5. The van der Waals surface area contributed by atoms with Crippen LogP contribution >= 0.6 is 0 Å². The molecule has 1 aromatic heterocycles. The lowest BCUT2D eigenvalue weighted by Crippen LogP contribution is -2.76. The van der Waals surface area contributed by atoms with Gasteiger partial charge < -0.3 is 9.30 Å². The van der Waals surface area contributed by atoms with E-state index in [0.717, 1.165) is 35.9 Å². The van der Waals surface area contributed by atoms with Gasteiger partial charge in [0, 0.05) is 28.2 Å². The highest BCUT2D eigenvalue weighted by molar-refractivity contribution is 6.06. The zero-order valence-corrected chi connectivity index (χ0v) is 16.6. The van der Waals surface area contributed by atoms with Crippen molar-refractivity contribution in [3.05, 3.63) is 35.5 Å². The van der Waals surface area contributed by atoms with Gasteiger partial charge in [0.25, 0.3) is 0 Å². The van der Waals surface area contributed by atoms with Gasteiger partial charge in [0.1, 0.15) is 0 Å². The van der Waals surface area contributed by atoms with Crippen LogP contribution in [0.2, 0.25) is 0 Å². The van der Waals surface area contributed by atoms with E-state index < -0.39 is 12.7 Å². The maximum Gasteiger partial charge on any atom is 0.401 e. The molecule has 2 aromatic rings. The summed E-state index contributed by atoms with van der Waals surface area (Å²) in [6, 6.07) is 7.83. The van der Waals surface area contributed by atoms with Gasteiger partial charge in [0.2, 0.25) is 0 Å². The van der Waals surface area contributed by atoms with Crippen LogP contribution in [-0.4, -0.2) is 47.9 Å². The minimum Gasteiger partial charge on any atom is -0.465 e. The minimum absolute atomic E-state index is 0.0141. The van der Waals surface area contributed by atoms with E-state index >= 15 is 0 Å². The molecule has 3 saturated carbocycles. The number of nitrogens with zero attached hydrogens (tertiary/aromatic N) is 2. The van der Waals surface area contributed by atoms with E-state index in [0.29, 0.717) is 5.56 Å². The third kappa shape index (κ3) is 2.59. The first-order valence-corrected chi connectivity index (χ1v) is 9.49. The Kier molecular flexibility index (Phi) is 4.13. The minimum atomic E-state index is -4.18. The first kappa shape index (κ1) is 19.3. The predicted molar refractivity (Wildman–Crippen MR) is 100 cm³/mol. The lowest BCUT2D eigenvalue weighted by atomic mass is 9.36. The second-order valence-electron chi connectivity index (χ2n) is 8.60. The standard InChI is InChI=1S/C21H25F3N2O2/c1-13-17(18(27)28-4)15-7-5-6-8-16(15)26(13)14(2)19-9-20(10-19,11-19)25(3)12-21(22,23)24/h5-8,14H,9-12H2,1-4H3/t14-,19?,20?/m1/s1. The molecule has 3 aliphatic rings. The van der Waals surface area contributed by atoms with E-state index in [1.165, 1.54) is 12.0 Å². The fraction of sp³-hybridized carbons (Fsp3) is 0.571. The zero-order valence-electron chi connectivity index (χ0n) is 16.6. The van der Waals surface area contributed by atoms with Crippen LogP contribution in [-0.2, 0) is 4.74 Å². The van der Waals surface area contributed by atoms with Gasteiger partial charge in [-0.05, 0) is 51.6 Å². The fourth-order valence-corrected chi connectivity index (χ4v) is 5.62. The van der Waals surface area contributed by atoms with E-state index in [9.17, 15) is 18.0 Å². The lowest BCUT2D eigenvalue weighted by molar-refractivity contribution is -0.257. The second kappa shape index (κ2) is 5.99. The number of hydrogen-bond acceptors (Lipinski definition) is 3. The number of ether oxygens (including phenoxy) is 1.